The smallest absolute Gasteiger partial charge is 0.0951 e. The van der Waals surface area contributed by atoms with Crippen LogP contribution in [0.4, 0.5) is 0 Å². The van der Waals surface area contributed by atoms with Crippen LogP contribution in [-0.2, 0) is 13.1 Å². The van der Waals surface area contributed by atoms with Gasteiger partial charge < -0.3 is 9.88 Å². The number of imidazole rings is 1. The van der Waals surface area contributed by atoms with E-state index in [2.05, 4.69) is 42.9 Å². The van der Waals surface area contributed by atoms with E-state index in [9.17, 15) is 0 Å². The number of nitrogens with zero attached hydrogens (tertiary/aromatic N) is 2. The molecule has 0 aliphatic heterocycles. The minimum absolute atomic E-state index is 0.841. The molecular weight excluding hydrogens is 266 g/mol. The van der Waals surface area contributed by atoms with E-state index in [4.69, 9.17) is 0 Å². The van der Waals surface area contributed by atoms with Crippen LogP contribution in [0.15, 0.2) is 41.3 Å². The molecule has 0 saturated heterocycles. The van der Waals surface area contributed by atoms with E-state index in [0.29, 0.717) is 0 Å². The number of hydrogen-bond acceptors (Lipinski definition) is 2. The van der Waals surface area contributed by atoms with Crippen molar-refractivity contribution in [3.63, 3.8) is 0 Å². The average Bonchev–Trinajstić information content (AvgIpc) is 2.66. The van der Waals surface area contributed by atoms with Gasteiger partial charge in [-0.25, -0.2) is 4.98 Å². The van der Waals surface area contributed by atoms with Crippen LogP contribution in [0.2, 0.25) is 0 Å². The van der Waals surface area contributed by atoms with Gasteiger partial charge in [0.05, 0.1) is 12.0 Å². The van der Waals surface area contributed by atoms with Gasteiger partial charge in [-0.1, -0.05) is 28.1 Å². The Kier molecular flexibility index (Phi) is 3.74. The summed E-state index contributed by atoms with van der Waals surface area (Å²) in [6, 6.07) is 8.33. The highest BCUT2D eigenvalue weighted by Gasteiger charge is 2.02. The monoisotopic (exact) mass is 279 g/mol. The Hall–Kier alpha value is -1.13. The zero-order valence-electron chi connectivity index (χ0n) is 9.15. The molecule has 0 atom stereocenters. The van der Waals surface area contributed by atoms with Gasteiger partial charge in [-0.2, -0.15) is 0 Å². The SMILES string of the molecule is CNCc1cncn1Cc1cccc(Br)c1. The Morgan fingerprint density at radius 2 is 2.31 bits per heavy atom. The first-order valence-electron chi connectivity index (χ1n) is 5.17. The lowest BCUT2D eigenvalue weighted by molar-refractivity contribution is 0.692. The molecule has 0 unspecified atom stereocenters. The second-order valence-corrected chi connectivity index (χ2v) is 4.59. The molecule has 1 N–H and O–H groups in total. The Morgan fingerprint density at radius 3 is 3.06 bits per heavy atom. The summed E-state index contributed by atoms with van der Waals surface area (Å²) in [5.41, 5.74) is 2.47. The lowest BCUT2D eigenvalue weighted by atomic mass is 10.2. The van der Waals surface area contributed by atoms with E-state index < -0.39 is 0 Å². The molecule has 0 spiro atoms. The van der Waals surface area contributed by atoms with Gasteiger partial charge in [0.1, 0.15) is 0 Å². The third-order valence-electron chi connectivity index (χ3n) is 2.40. The summed E-state index contributed by atoms with van der Waals surface area (Å²) < 4.78 is 3.26. The molecule has 0 aliphatic rings. The predicted molar refractivity (Wildman–Crippen MR) is 68.2 cm³/mol. The van der Waals surface area contributed by atoms with Gasteiger partial charge in [0.2, 0.25) is 0 Å². The Morgan fingerprint density at radius 1 is 1.44 bits per heavy atom. The molecule has 1 aromatic carbocycles. The number of aromatic nitrogens is 2. The van der Waals surface area contributed by atoms with Crippen molar-refractivity contribution >= 4 is 15.9 Å². The maximum absolute atomic E-state index is 4.17. The number of nitrogens with one attached hydrogen (secondary N) is 1. The average molecular weight is 280 g/mol. The van der Waals surface area contributed by atoms with Crippen molar-refractivity contribution in [2.45, 2.75) is 13.1 Å². The lowest BCUT2D eigenvalue weighted by Crippen LogP contribution is -2.11. The quantitative estimate of drug-likeness (QED) is 0.932. The highest BCUT2D eigenvalue weighted by Crippen LogP contribution is 2.13. The van der Waals surface area contributed by atoms with Crippen molar-refractivity contribution in [2.75, 3.05) is 7.05 Å². The van der Waals surface area contributed by atoms with Gasteiger partial charge in [-0.3, -0.25) is 0 Å². The van der Waals surface area contributed by atoms with E-state index >= 15 is 0 Å². The molecule has 0 aliphatic carbocycles. The lowest BCUT2D eigenvalue weighted by Gasteiger charge is -2.08. The Labute approximate surface area is 104 Å². The van der Waals surface area contributed by atoms with Crippen LogP contribution in [0.5, 0.6) is 0 Å². The highest BCUT2D eigenvalue weighted by atomic mass is 79.9. The van der Waals surface area contributed by atoms with Gasteiger partial charge in [-0.05, 0) is 24.7 Å². The number of halogens is 1. The van der Waals surface area contributed by atoms with Crippen LogP contribution >= 0.6 is 15.9 Å². The summed E-state index contributed by atoms with van der Waals surface area (Å²) >= 11 is 3.48. The second kappa shape index (κ2) is 5.27. The van der Waals surface area contributed by atoms with Gasteiger partial charge in [0.25, 0.3) is 0 Å². The van der Waals surface area contributed by atoms with Crippen LogP contribution in [0, 0.1) is 0 Å². The number of rotatable bonds is 4. The minimum atomic E-state index is 0.841. The first kappa shape index (κ1) is 11.4. The van der Waals surface area contributed by atoms with Gasteiger partial charge >= 0.3 is 0 Å². The molecule has 84 valence electrons. The normalized spacial score (nSPS) is 10.6. The van der Waals surface area contributed by atoms with Crippen molar-refractivity contribution < 1.29 is 0 Å². The number of hydrogen-bond donors (Lipinski definition) is 1. The van der Waals surface area contributed by atoms with Gasteiger partial charge in [0, 0.05) is 23.8 Å². The van der Waals surface area contributed by atoms with Crippen molar-refractivity contribution in [2.24, 2.45) is 0 Å². The van der Waals surface area contributed by atoms with Gasteiger partial charge in [0.15, 0.2) is 0 Å². The third-order valence-corrected chi connectivity index (χ3v) is 2.89. The fraction of sp³-hybridized carbons (Fsp3) is 0.250. The summed E-state index contributed by atoms with van der Waals surface area (Å²) in [6.45, 7) is 1.70. The van der Waals surface area contributed by atoms with E-state index in [1.165, 1.54) is 11.3 Å². The van der Waals surface area contributed by atoms with Crippen molar-refractivity contribution in [1.82, 2.24) is 14.9 Å². The molecule has 0 amide bonds. The minimum Gasteiger partial charge on any atom is -0.329 e. The predicted octanol–water partition coefficient (Wildman–Crippen LogP) is 2.41. The molecule has 1 heterocycles. The van der Waals surface area contributed by atoms with E-state index in [1.54, 1.807) is 0 Å². The van der Waals surface area contributed by atoms with Crippen LogP contribution in [0.25, 0.3) is 0 Å². The molecule has 1 aromatic heterocycles. The highest BCUT2D eigenvalue weighted by molar-refractivity contribution is 9.10. The number of benzene rings is 1. The largest absolute Gasteiger partial charge is 0.329 e. The van der Waals surface area contributed by atoms with E-state index in [-0.39, 0.29) is 0 Å². The summed E-state index contributed by atoms with van der Waals surface area (Å²) in [4.78, 5) is 4.17. The molecule has 2 rings (SSSR count). The molecule has 2 aromatic rings. The first-order valence-corrected chi connectivity index (χ1v) is 5.97. The van der Waals surface area contributed by atoms with Crippen LogP contribution in [0.1, 0.15) is 11.3 Å². The Bertz CT molecular complexity index is 465. The Balaban J connectivity index is 2.17. The summed E-state index contributed by atoms with van der Waals surface area (Å²) in [7, 11) is 1.94. The molecule has 16 heavy (non-hydrogen) atoms. The summed E-state index contributed by atoms with van der Waals surface area (Å²) in [5, 5.41) is 3.14. The van der Waals surface area contributed by atoms with Crippen molar-refractivity contribution in [3.05, 3.63) is 52.5 Å². The topological polar surface area (TPSA) is 29.9 Å². The fourth-order valence-corrected chi connectivity index (χ4v) is 2.10. The van der Waals surface area contributed by atoms with Crippen LogP contribution < -0.4 is 5.32 Å². The zero-order chi connectivity index (χ0) is 11.4. The molecular formula is C12H14BrN3. The van der Waals surface area contributed by atoms with E-state index in [0.717, 1.165) is 17.6 Å². The van der Waals surface area contributed by atoms with E-state index in [1.807, 2.05) is 31.7 Å². The maximum atomic E-state index is 4.17. The summed E-state index contributed by atoms with van der Waals surface area (Å²) in [5.74, 6) is 0. The molecule has 0 fully saturated rings. The fourth-order valence-electron chi connectivity index (χ4n) is 1.65. The molecule has 4 heteroatoms. The van der Waals surface area contributed by atoms with Gasteiger partial charge in [-0.15, -0.1) is 0 Å². The van der Waals surface area contributed by atoms with Crippen molar-refractivity contribution in [1.29, 1.82) is 0 Å². The first-order chi connectivity index (χ1) is 7.79. The summed E-state index contributed by atoms with van der Waals surface area (Å²) in [6.07, 6.45) is 3.77. The van der Waals surface area contributed by atoms with Crippen LogP contribution in [-0.4, -0.2) is 16.6 Å². The second-order valence-electron chi connectivity index (χ2n) is 3.67. The molecule has 0 bridgehead atoms. The zero-order valence-corrected chi connectivity index (χ0v) is 10.7. The molecule has 0 radical (unpaired) electrons. The molecule has 0 saturated carbocycles. The van der Waals surface area contributed by atoms with Crippen LogP contribution in [0.3, 0.4) is 0 Å². The standard InChI is InChI=1S/C12H14BrN3/c1-14-6-12-7-15-9-16(12)8-10-3-2-4-11(13)5-10/h2-5,7,9,14H,6,8H2,1H3. The molecule has 3 nitrogen and oxygen atoms in total. The van der Waals surface area contributed by atoms with Crippen molar-refractivity contribution in [3.8, 4) is 0 Å². The maximum Gasteiger partial charge on any atom is 0.0951 e. The third kappa shape index (κ3) is 2.71.